The average Bonchev–Trinajstić information content (AvgIpc) is 2.12. The lowest BCUT2D eigenvalue weighted by Crippen LogP contribution is -2.40. The van der Waals surface area contributed by atoms with Crippen molar-refractivity contribution in [2.45, 2.75) is 90.6 Å². The van der Waals surface area contributed by atoms with Gasteiger partial charge in [-0.1, -0.05) is 18.6 Å². The first-order valence-electron chi connectivity index (χ1n) is 7.20. The predicted octanol–water partition coefficient (Wildman–Crippen LogP) is 4.48. The van der Waals surface area contributed by atoms with Crippen LogP contribution in [-0.2, 0) is 9.47 Å². The van der Waals surface area contributed by atoms with Crippen molar-refractivity contribution >= 4 is 0 Å². The molecular formula is C16H30O2. The molecule has 0 fully saturated rings. The standard InChI is InChI=1S/C16H30O2/c1-15(2,3)17-13-11-9-7-8-10-12-14(13)18-16(4,5)6/h9,11,13-14H,7-8,10,12H2,1-6H3/b11-9-. The van der Waals surface area contributed by atoms with Crippen LogP contribution in [0.1, 0.15) is 67.2 Å². The van der Waals surface area contributed by atoms with Crippen molar-refractivity contribution in [2.75, 3.05) is 0 Å². The van der Waals surface area contributed by atoms with Gasteiger partial charge in [0, 0.05) is 0 Å². The molecule has 2 atom stereocenters. The van der Waals surface area contributed by atoms with Gasteiger partial charge in [0.1, 0.15) is 6.10 Å². The van der Waals surface area contributed by atoms with E-state index in [9.17, 15) is 0 Å². The van der Waals surface area contributed by atoms with E-state index in [0.29, 0.717) is 0 Å². The van der Waals surface area contributed by atoms with E-state index in [0.717, 1.165) is 12.8 Å². The highest BCUT2D eigenvalue weighted by atomic mass is 16.6. The van der Waals surface area contributed by atoms with E-state index in [4.69, 9.17) is 9.47 Å². The van der Waals surface area contributed by atoms with Gasteiger partial charge in [-0.05, 0) is 60.8 Å². The van der Waals surface area contributed by atoms with Gasteiger partial charge in [0.05, 0.1) is 17.3 Å². The quantitative estimate of drug-likeness (QED) is 0.676. The number of allylic oxidation sites excluding steroid dienone is 1. The van der Waals surface area contributed by atoms with E-state index >= 15 is 0 Å². The van der Waals surface area contributed by atoms with Crippen LogP contribution in [0, 0.1) is 0 Å². The zero-order chi connectivity index (χ0) is 13.8. The molecule has 1 rings (SSSR count). The van der Waals surface area contributed by atoms with E-state index < -0.39 is 0 Å². The van der Waals surface area contributed by atoms with Gasteiger partial charge >= 0.3 is 0 Å². The molecular weight excluding hydrogens is 224 g/mol. The smallest absolute Gasteiger partial charge is 0.102 e. The summed E-state index contributed by atoms with van der Waals surface area (Å²) in [4.78, 5) is 0. The number of rotatable bonds is 2. The van der Waals surface area contributed by atoms with Gasteiger partial charge in [-0.2, -0.15) is 0 Å². The Labute approximate surface area is 113 Å². The second-order valence-corrected chi connectivity index (χ2v) is 7.18. The van der Waals surface area contributed by atoms with Gasteiger partial charge in [-0.25, -0.2) is 0 Å². The topological polar surface area (TPSA) is 18.5 Å². The molecule has 2 heteroatoms. The molecule has 0 amide bonds. The lowest BCUT2D eigenvalue weighted by atomic mass is 9.99. The van der Waals surface area contributed by atoms with Crippen LogP contribution >= 0.6 is 0 Å². The second kappa shape index (κ2) is 6.21. The van der Waals surface area contributed by atoms with E-state index in [1.807, 2.05) is 0 Å². The number of hydrogen-bond donors (Lipinski definition) is 0. The zero-order valence-electron chi connectivity index (χ0n) is 13.0. The maximum Gasteiger partial charge on any atom is 0.102 e. The molecule has 2 nitrogen and oxygen atoms in total. The summed E-state index contributed by atoms with van der Waals surface area (Å²) in [7, 11) is 0. The van der Waals surface area contributed by atoms with Crippen LogP contribution in [0.4, 0.5) is 0 Å². The third kappa shape index (κ3) is 6.55. The third-order valence-corrected chi connectivity index (χ3v) is 2.80. The van der Waals surface area contributed by atoms with E-state index in [-0.39, 0.29) is 23.4 Å². The van der Waals surface area contributed by atoms with Crippen LogP contribution in [0.3, 0.4) is 0 Å². The monoisotopic (exact) mass is 254 g/mol. The minimum atomic E-state index is -0.131. The second-order valence-electron chi connectivity index (χ2n) is 7.18. The Kier molecular flexibility index (Phi) is 5.42. The highest BCUT2D eigenvalue weighted by Crippen LogP contribution is 2.25. The fourth-order valence-corrected chi connectivity index (χ4v) is 2.23. The van der Waals surface area contributed by atoms with Crippen LogP contribution < -0.4 is 0 Å². The highest BCUT2D eigenvalue weighted by Gasteiger charge is 2.29. The molecule has 0 N–H and O–H groups in total. The Morgan fingerprint density at radius 1 is 0.889 bits per heavy atom. The molecule has 1 aliphatic carbocycles. The Bertz CT molecular complexity index is 268. The molecule has 0 radical (unpaired) electrons. The molecule has 0 aromatic carbocycles. The van der Waals surface area contributed by atoms with E-state index in [2.05, 4.69) is 53.7 Å². The number of hydrogen-bond acceptors (Lipinski definition) is 2. The summed E-state index contributed by atoms with van der Waals surface area (Å²) in [6, 6.07) is 0. The molecule has 0 aliphatic heterocycles. The van der Waals surface area contributed by atoms with Crippen molar-refractivity contribution in [1.82, 2.24) is 0 Å². The van der Waals surface area contributed by atoms with Crippen molar-refractivity contribution in [3.05, 3.63) is 12.2 Å². The largest absolute Gasteiger partial charge is 0.370 e. The SMILES string of the molecule is CC(C)(C)OC1/C=C\CCCCC1OC(C)(C)C. The molecule has 1 aliphatic rings. The van der Waals surface area contributed by atoms with E-state index in [1.54, 1.807) is 0 Å². The Balaban J connectivity index is 2.77. The summed E-state index contributed by atoms with van der Waals surface area (Å²) in [6.07, 6.45) is 9.40. The summed E-state index contributed by atoms with van der Waals surface area (Å²) in [5.41, 5.74) is -0.245. The summed E-state index contributed by atoms with van der Waals surface area (Å²) in [6.45, 7) is 12.7. The highest BCUT2D eigenvalue weighted by molar-refractivity contribution is 4.97. The van der Waals surface area contributed by atoms with Crippen molar-refractivity contribution in [1.29, 1.82) is 0 Å². The molecule has 0 aromatic heterocycles. The first-order valence-corrected chi connectivity index (χ1v) is 7.20. The summed E-state index contributed by atoms with van der Waals surface area (Å²) >= 11 is 0. The molecule has 0 bridgehead atoms. The Hall–Kier alpha value is -0.340. The van der Waals surface area contributed by atoms with Gasteiger partial charge in [0.2, 0.25) is 0 Å². The lowest BCUT2D eigenvalue weighted by Gasteiger charge is -2.36. The van der Waals surface area contributed by atoms with Gasteiger partial charge < -0.3 is 9.47 Å². The third-order valence-electron chi connectivity index (χ3n) is 2.80. The van der Waals surface area contributed by atoms with Crippen LogP contribution in [0.25, 0.3) is 0 Å². The summed E-state index contributed by atoms with van der Waals surface area (Å²) in [5.74, 6) is 0. The Morgan fingerprint density at radius 3 is 2.06 bits per heavy atom. The van der Waals surface area contributed by atoms with Gasteiger partial charge in [0.25, 0.3) is 0 Å². The molecule has 0 saturated heterocycles. The molecule has 0 aromatic rings. The van der Waals surface area contributed by atoms with Gasteiger partial charge in [-0.3, -0.25) is 0 Å². The fourth-order valence-electron chi connectivity index (χ4n) is 2.23. The van der Waals surface area contributed by atoms with Crippen molar-refractivity contribution < 1.29 is 9.47 Å². The number of ether oxygens (including phenoxy) is 2. The fraction of sp³-hybridized carbons (Fsp3) is 0.875. The van der Waals surface area contributed by atoms with Crippen LogP contribution in [0.5, 0.6) is 0 Å². The lowest BCUT2D eigenvalue weighted by molar-refractivity contribution is -0.149. The molecule has 0 heterocycles. The summed E-state index contributed by atoms with van der Waals surface area (Å²) < 4.78 is 12.4. The predicted molar refractivity (Wildman–Crippen MR) is 76.9 cm³/mol. The van der Waals surface area contributed by atoms with Crippen molar-refractivity contribution in [2.24, 2.45) is 0 Å². The average molecular weight is 254 g/mol. The van der Waals surface area contributed by atoms with Crippen LogP contribution in [0.2, 0.25) is 0 Å². The van der Waals surface area contributed by atoms with Gasteiger partial charge in [0.15, 0.2) is 0 Å². The Morgan fingerprint density at radius 2 is 1.50 bits per heavy atom. The maximum atomic E-state index is 6.20. The van der Waals surface area contributed by atoms with E-state index in [1.165, 1.54) is 12.8 Å². The molecule has 2 unspecified atom stereocenters. The summed E-state index contributed by atoms with van der Waals surface area (Å²) in [5, 5.41) is 0. The normalized spacial score (nSPS) is 28.6. The molecule has 18 heavy (non-hydrogen) atoms. The molecule has 106 valence electrons. The van der Waals surface area contributed by atoms with Crippen LogP contribution in [-0.4, -0.2) is 23.4 Å². The van der Waals surface area contributed by atoms with Crippen molar-refractivity contribution in [3.8, 4) is 0 Å². The zero-order valence-corrected chi connectivity index (χ0v) is 13.0. The maximum absolute atomic E-state index is 6.20. The van der Waals surface area contributed by atoms with Gasteiger partial charge in [-0.15, -0.1) is 0 Å². The minimum Gasteiger partial charge on any atom is -0.370 e. The first-order chi connectivity index (χ1) is 8.17. The molecule has 0 spiro atoms. The first kappa shape index (κ1) is 15.7. The van der Waals surface area contributed by atoms with Crippen LogP contribution in [0.15, 0.2) is 12.2 Å². The molecule has 0 saturated carbocycles. The minimum absolute atomic E-state index is 0.0736. The van der Waals surface area contributed by atoms with Crippen molar-refractivity contribution in [3.63, 3.8) is 0 Å².